The van der Waals surface area contributed by atoms with E-state index in [2.05, 4.69) is 25.2 Å². The Labute approximate surface area is 218 Å². The maximum atomic E-state index is 15.1. The first-order valence-electron chi connectivity index (χ1n) is 12.8. The van der Waals surface area contributed by atoms with Gasteiger partial charge in [0.05, 0.1) is 16.5 Å². The topological polar surface area (TPSA) is 92.7 Å². The maximum absolute atomic E-state index is 15.1. The van der Waals surface area contributed by atoms with E-state index in [0.717, 1.165) is 25.8 Å². The van der Waals surface area contributed by atoms with E-state index in [0.29, 0.717) is 37.3 Å². The molecule has 4 fully saturated rings. The van der Waals surface area contributed by atoms with Gasteiger partial charge in [-0.2, -0.15) is 9.97 Å². The van der Waals surface area contributed by atoms with Crippen molar-refractivity contribution in [3.63, 3.8) is 0 Å². The van der Waals surface area contributed by atoms with Crippen LogP contribution in [0.1, 0.15) is 46.5 Å². The lowest BCUT2D eigenvalue weighted by molar-refractivity contribution is 0.0498. The first kappa shape index (κ1) is 24.8. The largest absolute Gasteiger partial charge is 0.461 e. The van der Waals surface area contributed by atoms with Crippen molar-refractivity contribution in [3.05, 3.63) is 17.2 Å². The Balaban J connectivity index is 1.27. The molecule has 0 aromatic carbocycles. The number of alkyl halides is 1. The number of alkyl carbamates (subject to hydrolysis) is 1. The van der Waals surface area contributed by atoms with Gasteiger partial charge in [-0.1, -0.05) is 11.6 Å². The van der Waals surface area contributed by atoms with E-state index in [1.807, 2.05) is 25.7 Å². The van der Waals surface area contributed by atoms with Crippen molar-refractivity contribution >= 4 is 34.4 Å². The number of aromatic nitrogens is 3. The van der Waals surface area contributed by atoms with E-state index >= 15 is 4.39 Å². The number of nitrogens with one attached hydrogen (secondary N) is 1. The third-order valence-electron chi connectivity index (χ3n) is 8.03. The standard InChI is InChI=1S/C25H31ClF2N6O3/c1-23(2,3)37-22(35)32-25-7-14(25)10-33(12-25)20-16-9-29-19(26)17(28)18(16)30-21(31-20)36-13-24-5-4-6-34(24)11-15(27)8-24/h9,14-15H,4-8,10-13H2,1-3H3,(H,32,35)/t14-,15-,24+,25-/m1/s1. The summed E-state index contributed by atoms with van der Waals surface area (Å²) in [6.45, 7) is 8.03. The van der Waals surface area contributed by atoms with E-state index in [9.17, 15) is 9.18 Å². The summed E-state index contributed by atoms with van der Waals surface area (Å²) >= 11 is 5.97. The van der Waals surface area contributed by atoms with Crippen LogP contribution in [0, 0.1) is 11.7 Å². The number of rotatable bonds is 5. The van der Waals surface area contributed by atoms with Crippen LogP contribution in [0.2, 0.25) is 5.15 Å². The second-order valence-electron chi connectivity index (χ2n) is 11.9. The summed E-state index contributed by atoms with van der Waals surface area (Å²) in [5.41, 5.74) is -1.40. The predicted molar refractivity (Wildman–Crippen MR) is 133 cm³/mol. The summed E-state index contributed by atoms with van der Waals surface area (Å²) < 4.78 is 40.8. The van der Waals surface area contributed by atoms with E-state index < -0.39 is 29.2 Å². The number of anilines is 1. The number of hydrogen-bond donors (Lipinski definition) is 1. The molecule has 9 nitrogen and oxygen atoms in total. The number of pyridine rings is 1. The number of ether oxygens (including phenoxy) is 2. The number of carbonyl (C=O) groups excluding carboxylic acids is 1. The highest BCUT2D eigenvalue weighted by molar-refractivity contribution is 6.30. The Kier molecular flexibility index (Phi) is 5.69. The molecule has 37 heavy (non-hydrogen) atoms. The number of fused-ring (bicyclic) bond motifs is 3. The van der Waals surface area contributed by atoms with Crippen molar-refractivity contribution in [2.24, 2.45) is 5.92 Å². The smallest absolute Gasteiger partial charge is 0.408 e. The molecule has 1 aliphatic carbocycles. The van der Waals surface area contributed by atoms with Crippen LogP contribution in [-0.2, 0) is 4.74 Å². The maximum Gasteiger partial charge on any atom is 0.408 e. The van der Waals surface area contributed by atoms with E-state index in [1.165, 1.54) is 6.20 Å². The molecule has 0 spiro atoms. The molecule has 1 amide bonds. The third-order valence-corrected chi connectivity index (χ3v) is 8.29. The zero-order valence-corrected chi connectivity index (χ0v) is 21.9. The van der Waals surface area contributed by atoms with Gasteiger partial charge in [-0.05, 0) is 46.6 Å². The Morgan fingerprint density at radius 2 is 2.11 bits per heavy atom. The molecule has 3 aliphatic heterocycles. The molecule has 0 radical (unpaired) electrons. The molecule has 12 heteroatoms. The van der Waals surface area contributed by atoms with Crippen LogP contribution in [0.3, 0.4) is 0 Å². The Morgan fingerprint density at radius 1 is 1.30 bits per heavy atom. The van der Waals surface area contributed by atoms with Crippen LogP contribution in [0.5, 0.6) is 6.01 Å². The van der Waals surface area contributed by atoms with Gasteiger partial charge < -0.3 is 19.7 Å². The molecule has 5 heterocycles. The zero-order chi connectivity index (χ0) is 26.2. The fourth-order valence-electron chi connectivity index (χ4n) is 6.30. The molecule has 3 saturated heterocycles. The second-order valence-corrected chi connectivity index (χ2v) is 12.2. The summed E-state index contributed by atoms with van der Waals surface area (Å²) in [7, 11) is 0. The monoisotopic (exact) mass is 536 g/mol. The summed E-state index contributed by atoms with van der Waals surface area (Å²) in [6.07, 6.45) is 3.17. The van der Waals surface area contributed by atoms with Crippen molar-refractivity contribution in [1.29, 1.82) is 0 Å². The van der Waals surface area contributed by atoms with Gasteiger partial charge in [0.15, 0.2) is 11.0 Å². The summed E-state index contributed by atoms with van der Waals surface area (Å²) in [5, 5.41) is 3.16. The first-order valence-corrected chi connectivity index (χ1v) is 13.1. The average molecular weight is 537 g/mol. The molecule has 200 valence electrons. The quantitative estimate of drug-likeness (QED) is 0.576. The van der Waals surface area contributed by atoms with E-state index in [1.54, 1.807) is 0 Å². The van der Waals surface area contributed by atoms with Crippen molar-refractivity contribution in [3.8, 4) is 6.01 Å². The molecular weight excluding hydrogens is 506 g/mol. The minimum atomic E-state index is -0.885. The highest BCUT2D eigenvalue weighted by atomic mass is 35.5. The van der Waals surface area contributed by atoms with Crippen LogP contribution in [0.15, 0.2) is 6.20 Å². The predicted octanol–water partition coefficient (Wildman–Crippen LogP) is 3.88. The SMILES string of the molecule is CC(C)(C)OC(=O)N[C@@]12C[C@@H]1CN(c1nc(OC[C@@]34CCCN3C[C@H](F)C4)nc3c(F)c(Cl)ncc13)C2. The van der Waals surface area contributed by atoms with Crippen molar-refractivity contribution in [1.82, 2.24) is 25.2 Å². The number of halogens is 3. The van der Waals surface area contributed by atoms with Crippen LogP contribution < -0.4 is 15.0 Å². The highest BCUT2D eigenvalue weighted by Gasteiger charge is 2.62. The molecule has 6 rings (SSSR count). The number of piperidine rings is 1. The van der Waals surface area contributed by atoms with Gasteiger partial charge in [0, 0.05) is 38.2 Å². The fourth-order valence-corrected chi connectivity index (χ4v) is 6.44. The Morgan fingerprint density at radius 3 is 2.89 bits per heavy atom. The molecule has 0 bridgehead atoms. The van der Waals surface area contributed by atoms with Gasteiger partial charge in [0.25, 0.3) is 0 Å². The van der Waals surface area contributed by atoms with Crippen LogP contribution in [-0.4, -0.2) is 81.6 Å². The molecule has 1 N–H and O–H groups in total. The minimum absolute atomic E-state index is 0.0157. The van der Waals surface area contributed by atoms with Gasteiger partial charge >= 0.3 is 12.1 Å². The molecular formula is C25H31ClF2N6O3. The lowest BCUT2D eigenvalue weighted by Crippen LogP contribution is -2.45. The van der Waals surface area contributed by atoms with E-state index in [-0.39, 0.29) is 34.7 Å². The van der Waals surface area contributed by atoms with Gasteiger partial charge in [0.2, 0.25) is 0 Å². The summed E-state index contributed by atoms with van der Waals surface area (Å²) in [6, 6.07) is 0.0157. The van der Waals surface area contributed by atoms with Crippen LogP contribution in [0.25, 0.3) is 10.9 Å². The first-order chi connectivity index (χ1) is 17.5. The van der Waals surface area contributed by atoms with E-state index in [4.69, 9.17) is 21.1 Å². The lowest BCUT2D eigenvalue weighted by Gasteiger charge is -2.31. The number of carbonyl (C=O) groups is 1. The van der Waals surface area contributed by atoms with Crippen molar-refractivity contribution in [2.45, 2.75) is 69.3 Å². The number of amides is 1. The number of hydrogen-bond acceptors (Lipinski definition) is 8. The Bertz CT molecular complexity index is 1260. The third kappa shape index (κ3) is 4.43. The zero-order valence-electron chi connectivity index (χ0n) is 21.2. The minimum Gasteiger partial charge on any atom is -0.461 e. The lowest BCUT2D eigenvalue weighted by atomic mass is 9.95. The van der Waals surface area contributed by atoms with Crippen LogP contribution in [0.4, 0.5) is 19.4 Å². The normalized spacial score (nSPS) is 30.9. The molecule has 4 aliphatic rings. The second kappa shape index (κ2) is 8.49. The van der Waals surface area contributed by atoms with Crippen molar-refractivity contribution in [2.75, 3.05) is 37.7 Å². The molecule has 1 saturated carbocycles. The summed E-state index contributed by atoms with van der Waals surface area (Å²) in [5.74, 6) is -0.0643. The van der Waals surface area contributed by atoms with Gasteiger partial charge in [-0.15, -0.1) is 0 Å². The van der Waals surface area contributed by atoms with Gasteiger partial charge in [0.1, 0.15) is 29.7 Å². The average Bonchev–Trinajstić information content (AvgIpc) is 3.08. The molecule has 2 aromatic heterocycles. The summed E-state index contributed by atoms with van der Waals surface area (Å²) in [4.78, 5) is 29.5. The molecule has 0 unspecified atom stereocenters. The van der Waals surface area contributed by atoms with Crippen LogP contribution >= 0.6 is 11.6 Å². The highest BCUT2D eigenvalue weighted by Crippen LogP contribution is 2.51. The van der Waals surface area contributed by atoms with Gasteiger partial charge in [-0.25, -0.2) is 18.6 Å². The molecule has 4 atom stereocenters. The Hall–Kier alpha value is -2.53. The van der Waals surface area contributed by atoms with Gasteiger partial charge in [-0.3, -0.25) is 4.90 Å². The fraction of sp³-hybridized carbons (Fsp3) is 0.680. The number of nitrogens with zero attached hydrogens (tertiary/aromatic N) is 5. The van der Waals surface area contributed by atoms with Crippen molar-refractivity contribution < 1.29 is 23.0 Å². The molecule has 2 aromatic rings.